The number of carbonyl (C=O) groups excluding carboxylic acids is 1. The molecule has 1 atom stereocenters. The lowest BCUT2D eigenvalue weighted by Gasteiger charge is -2.23. The van der Waals surface area contributed by atoms with Gasteiger partial charge < -0.3 is 19.7 Å². The summed E-state index contributed by atoms with van der Waals surface area (Å²) in [5.41, 5.74) is -1.29. The minimum Gasteiger partial charge on any atom is -0.479 e. The summed E-state index contributed by atoms with van der Waals surface area (Å²) in [7, 11) is 0. The van der Waals surface area contributed by atoms with Crippen LogP contribution in [0.3, 0.4) is 0 Å². The molecule has 1 aliphatic heterocycles. The van der Waals surface area contributed by atoms with Gasteiger partial charge in [-0.2, -0.15) is 0 Å². The lowest BCUT2D eigenvalue weighted by Crippen LogP contribution is -2.55. The van der Waals surface area contributed by atoms with Crippen LogP contribution in [0.4, 0.5) is 0 Å². The van der Waals surface area contributed by atoms with Crippen molar-refractivity contribution in [2.45, 2.75) is 36.0 Å². The van der Waals surface area contributed by atoms with Gasteiger partial charge in [-0.1, -0.05) is 11.8 Å². The molecule has 2 N–H and O–H groups in total. The average molecular weight is 312 g/mol. The molecule has 21 heavy (non-hydrogen) atoms. The van der Waals surface area contributed by atoms with Crippen molar-refractivity contribution >= 4 is 23.6 Å². The van der Waals surface area contributed by atoms with Gasteiger partial charge in [-0.25, -0.2) is 4.79 Å². The smallest absolute Gasteiger partial charge is 0.331 e. The van der Waals surface area contributed by atoms with E-state index in [0.717, 1.165) is 12.8 Å². The van der Waals surface area contributed by atoms with Crippen molar-refractivity contribution in [2.75, 3.05) is 19.0 Å². The Morgan fingerprint density at radius 3 is 3.00 bits per heavy atom. The number of carbonyl (C=O) groups is 2. The SMILES string of the molecule is O=C(CSc1nncn1C1CC1)NC1(C(=O)O)CCOC1. The molecule has 2 heterocycles. The number of aromatic nitrogens is 3. The topological polar surface area (TPSA) is 106 Å². The number of nitrogens with zero attached hydrogens (tertiary/aromatic N) is 3. The molecule has 1 aliphatic carbocycles. The minimum atomic E-state index is -1.29. The van der Waals surface area contributed by atoms with Crippen LogP contribution in [0, 0.1) is 0 Å². The summed E-state index contributed by atoms with van der Waals surface area (Å²) < 4.78 is 7.06. The molecule has 1 aromatic rings. The van der Waals surface area contributed by atoms with Gasteiger partial charge in [-0.05, 0) is 12.8 Å². The lowest BCUT2D eigenvalue weighted by atomic mass is 9.99. The second-order valence-corrected chi connectivity index (χ2v) is 6.22. The third kappa shape index (κ3) is 3.03. The Bertz CT molecular complexity index is 551. The number of rotatable bonds is 6. The number of carboxylic acids is 1. The van der Waals surface area contributed by atoms with Gasteiger partial charge in [0.2, 0.25) is 5.91 Å². The van der Waals surface area contributed by atoms with E-state index in [4.69, 9.17) is 4.74 Å². The predicted octanol–water partition coefficient (Wildman–Crippen LogP) is 0.0650. The largest absolute Gasteiger partial charge is 0.479 e. The Morgan fingerprint density at radius 1 is 1.57 bits per heavy atom. The number of nitrogens with one attached hydrogen (secondary N) is 1. The van der Waals surface area contributed by atoms with Crippen molar-refractivity contribution in [1.29, 1.82) is 0 Å². The van der Waals surface area contributed by atoms with E-state index in [2.05, 4.69) is 15.5 Å². The zero-order chi connectivity index (χ0) is 14.9. The van der Waals surface area contributed by atoms with Crippen molar-refractivity contribution in [3.8, 4) is 0 Å². The summed E-state index contributed by atoms with van der Waals surface area (Å²) >= 11 is 1.27. The maximum atomic E-state index is 12.0. The standard InChI is InChI=1S/C12H16N4O4S/c17-9(14-12(10(18)19)3-4-20-6-12)5-21-11-15-13-7-16(11)8-1-2-8/h7-8H,1-6H2,(H,14,17)(H,18,19). The van der Waals surface area contributed by atoms with Crippen LogP contribution < -0.4 is 5.32 Å². The van der Waals surface area contributed by atoms with E-state index >= 15 is 0 Å². The molecule has 1 amide bonds. The molecule has 1 saturated heterocycles. The molecular weight excluding hydrogens is 296 g/mol. The molecule has 9 heteroatoms. The molecule has 0 aromatic carbocycles. The highest BCUT2D eigenvalue weighted by molar-refractivity contribution is 7.99. The van der Waals surface area contributed by atoms with Gasteiger partial charge in [0.25, 0.3) is 0 Å². The predicted molar refractivity (Wildman–Crippen MR) is 73.0 cm³/mol. The first-order valence-corrected chi connectivity index (χ1v) is 7.74. The van der Waals surface area contributed by atoms with E-state index in [1.165, 1.54) is 11.8 Å². The fraction of sp³-hybridized carbons (Fsp3) is 0.667. The first-order valence-electron chi connectivity index (χ1n) is 6.75. The highest BCUT2D eigenvalue weighted by Crippen LogP contribution is 2.37. The number of ether oxygens (including phenoxy) is 1. The normalized spacial score (nSPS) is 25.0. The number of hydrogen-bond acceptors (Lipinski definition) is 6. The maximum absolute atomic E-state index is 12.0. The molecule has 0 radical (unpaired) electrons. The van der Waals surface area contributed by atoms with Crippen LogP contribution in [0.1, 0.15) is 25.3 Å². The lowest BCUT2D eigenvalue weighted by molar-refractivity contribution is -0.147. The van der Waals surface area contributed by atoms with Gasteiger partial charge >= 0.3 is 5.97 Å². The Labute approximate surface area is 125 Å². The van der Waals surface area contributed by atoms with Crippen LogP contribution >= 0.6 is 11.8 Å². The fourth-order valence-electron chi connectivity index (χ4n) is 2.26. The molecule has 1 unspecified atom stereocenters. The van der Waals surface area contributed by atoms with Gasteiger partial charge in [-0.15, -0.1) is 10.2 Å². The van der Waals surface area contributed by atoms with Crippen molar-refractivity contribution in [2.24, 2.45) is 0 Å². The number of aliphatic carboxylic acids is 1. The number of amides is 1. The van der Waals surface area contributed by atoms with Crippen molar-refractivity contribution < 1.29 is 19.4 Å². The second-order valence-electron chi connectivity index (χ2n) is 5.28. The van der Waals surface area contributed by atoms with Gasteiger partial charge in [-0.3, -0.25) is 4.79 Å². The van der Waals surface area contributed by atoms with Crippen molar-refractivity contribution in [3.05, 3.63) is 6.33 Å². The van der Waals surface area contributed by atoms with Gasteiger partial charge in [0.1, 0.15) is 6.33 Å². The van der Waals surface area contributed by atoms with Crippen LogP contribution in [0.5, 0.6) is 0 Å². The van der Waals surface area contributed by atoms with Gasteiger partial charge in [0.05, 0.1) is 12.4 Å². The fourth-order valence-corrected chi connectivity index (χ4v) is 3.04. The molecule has 1 saturated carbocycles. The highest BCUT2D eigenvalue weighted by atomic mass is 32.2. The molecule has 3 rings (SSSR count). The number of thioether (sulfide) groups is 1. The molecule has 0 bridgehead atoms. The monoisotopic (exact) mass is 312 g/mol. The zero-order valence-electron chi connectivity index (χ0n) is 11.3. The Balaban J connectivity index is 1.56. The van der Waals surface area contributed by atoms with E-state index < -0.39 is 11.5 Å². The van der Waals surface area contributed by atoms with E-state index in [-0.39, 0.29) is 24.7 Å². The van der Waals surface area contributed by atoms with Crippen molar-refractivity contribution in [1.82, 2.24) is 20.1 Å². The minimum absolute atomic E-state index is 0.0109. The van der Waals surface area contributed by atoms with E-state index in [0.29, 0.717) is 17.8 Å². The van der Waals surface area contributed by atoms with Gasteiger partial charge in [0, 0.05) is 19.1 Å². The number of hydrogen-bond donors (Lipinski definition) is 2. The summed E-state index contributed by atoms with van der Waals surface area (Å²) in [5, 5.41) is 20.4. The molecule has 2 aliphatic rings. The first kappa shape index (κ1) is 14.3. The summed E-state index contributed by atoms with van der Waals surface area (Å²) in [6.45, 7) is 0.354. The molecule has 8 nitrogen and oxygen atoms in total. The summed E-state index contributed by atoms with van der Waals surface area (Å²) in [5.74, 6) is -1.28. The molecule has 0 spiro atoms. The maximum Gasteiger partial charge on any atom is 0.331 e. The van der Waals surface area contributed by atoms with E-state index in [1.807, 2.05) is 4.57 Å². The average Bonchev–Trinajstić information content (AvgIpc) is 3.00. The first-order chi connectivity index (χ1) is 10.1. The zero-order valence-corrected chi connectivity index (χ0v) is 12.1. The third-order valence-corrected chi connectivity index (χ3v) is 4.58. The molecular formula is C12H16N4O4S. The number of carboxylic acid groups (broad SMARTS) is 1. The van der Waals surface area contributed by atoms with E-state index in [1.54, 1.807) is 6.33 Å². The van der Waals surface area contributed by atoms with E-state index in [9.17, 15) is 14.7 Å². The molecule has 1 aromatic heterocycles. The molecule has 2 fully saturated rings. The quantitative estimate of drug-likeness (QED) is 0.716. The van der Waals surface area contributed by atoms with Crippen LogP contribution in [-0.2, 0) is 14.3 Å². The third-order valence-electron chi connectivity index (χ3n) is 3.62. The van der Waals surface area contributed by atoms with Crippen LogP contribution in [-0.4, -0.2) is 56.3 Å². The van der Waals surface area contributed by atoms with Crippen LogP contribution in [0.15, 0.2) is 11.5 Å². The van der Waals surface area contributed by atoms with Crippen LogP contribution in [0.25, 0.3) is 0 Å². The summed E-state index contributed by atoms with van der Waals surface area (Å²) in [6, 6.07) is 0.444. The second kappa shape index (κ2) is 5.64. The Morgan fingerprint density at radius 2 is 2.38 bits per heavy atom. The Hall–Kier alpha value is -1.61. The highest BCUT2D eigenvalue weighted by Gasteiger charge is 2.43. The Kier molecular flexibility index (Phi) is 3.85. The van der Waals surface area contributed by atoms with Crippen LogP contribution in [0.2, 0.25) is 0 Å². The summed E-state index contributed by atoms with van der Waals surface area (Å²) in [6.07, 6.45) is 4.17. The van der Waals surface area contributed by atoms with Crippen molar-refractivity contribution in [3.63, 3.8) is 0 Å². The summed E-state index contributed by atoms with van der Waals surface area (Å²) in [4.78, 5) is 23.3. The van der Waals surface area contributed by atoms with Gasteiger partial charge in [0.15, 0.2) is 10.7 Å². The molecule has 114 valence electrons.